The van der Waals surface area contributed by atoms with Crippen LogP contribution in [-0.4, -0.2) is 59.2 Å². The van der Waals surface area contributed by atoms with Crippen LogP contribution in [0.5, 0.6) is 0 Å². The highest BCUT2D eigenvalue weighted by molar-refractivity contribution is 5.77. The number of ether oxygens (including phenoxy) is 1. The number of nitrogens with one attached hydrogen (secondary N) is 2. The van der Waals surface area contributed by atoms with Gasteiger partial charge in [-0.2, -0.15) is 0 Å². The first-order valence-corrected chi connectivity index (χ1v) is 8.14. The Morgan fingerprint density at radius 2 is 1.88 bits per heavy atom. The van der Waals surface area contributed by atoms with E-state index in [9.17, 15) is 0 Å². The van der Waals surface area contributed by atoms with Gasteiger partial charge in [0.15, 0.2) is 11.6 Å². The van der Waals surface area contributed by atoms with Gasteiger partial charge in [0.05, 0.1) is 13.2 Å². The lowest BCUT2D eigenvalue weighted by atomic mass is 10.3. The molecular formula is C16H23N7O. The van der Waals surface area contributed by atoms with Gasteiger partial charge in [-0.3, -0.25) is 9.88 Å². The van der Waals surface area contributed by atoms with E-state index in [1.54, 1.807) is 12.4 Å². The minimum absolute atomic E-state index is 0.515. The molecule has 128 valence electrons. The lowest BCUT2D eigenvalue weighted by Gasteiger charge is -2.26. The summed E-state index contributed by atoms with van der Waals surface area (Å²) in [7, 11) is 0. The van der Waals surface area contributed by atoms with Crippen LogP contribution >= 0.6 is 0 Å². The number of aromatic nitrogens is 3. The van der Waals surface area contributed by atoms with Crippen molar-refractivity contribution in [3.8, 4) is 0 Å². The zero-order valence-electron chi connectivity index (χ0n) is 13.6. The van der Waals surface area contributed by atoms with Crippen LogP contribution in [0.4, 0.5) is 23.0 Å². The van der Waals surface area contributed by atoms with Crippen LogP contribution in [-0.2, 0) is 4.74 Å². The zero-order valence-corrected chi connectivity index (χ0v) is 13.6. The fourth-order valence-corrected chi connectivity index (χ4v) is 2.54. The van der Waals surface area contributed by atoms with Gasteiger partial charge >= 0.3 is 0 Å². The maximum Gasteiger partial charge on any atom is 0.159 e. The lowest BCUT2D eigenvalue weighted by Crippen LogP contribution is -2.37. The smallest absolute Gasteiger partial charge is 0.159 e. The largest absolute Gasteiger partial charge is 0.393 e. The third-order valence-electron chi connectivity index (χ3n) is 3.87. The second-order valence-electron chi connectivity index (χ2n) is 5.58. The molecule has 2 aromatic heterocycles. The third kappa shape index (κ3) is 4.53. The van der Waals surface area contributed by atoms with Crippen molar-refractivity contribution in [3.05, 3.63) is 30.9 Å². The molecule has 0 radical (unpaired) electrons. The molecule has 0 unspecified atom stereocenters. The molecule has 0 saturated carbocycles. The van der Waals surface area contributed by atoms with Crippen LogP contribution in [0.3, 0.4) is 0 Å². The van der Waals surface area contributed by atoms with Crippen molar-refractivity contribution in [1.82, 2.24) is 19.9 Å². The van der Waals surface area contributed by atoms with E-state index in [4.69, 9.17) is 10.5 Å². The van der Waals surface area contributed by atoms with Gasteiger partial charge in [-0.15, -0.1) is 0 Å². The van der Waals surface area contributed by atoms with E-state index in [0.717, 1.165) is 51.5 Å². The Morgan fingerprint density at radius 1 is 1.12 bits per heavy atom. The number of morpholine rings is 1. The number of anilines is 4. The molecule has 1 aliphatic rings. The molecule has 8 nitrogen and oxygen atoms in total. The molecule has 0 bridgehead atoms. The summed E-state index contributed by atoms with van der Waals surface area (Å²) in [4.78, 5) is 14.8. The molecule has 0 aliphatic carbocycles. The van der Waals surface area contributed by atoms with E-state index in [-0.39, 0.29) is 0 Å². The van der Waals surface area contributed by atoms with Gasteiger partial charge in [-0.1, -0.05) is 0 Å². The number of hydrogen-bond donors (Lipinski definition) is 3. The fourth-order valence-electron chi connectivity index (χ4n) is 2.54. The summed E-state index contributed by atoms with van der Waals surface area (Å²) < 4.78 is 5.35. The second-order valence-corrected chi connectivity index (χ2v) is 5.58. The normalized spacial score (nSPS) is 15.2. The Bertz CT molecular complexity index is 632. The molecule has 1 fully saturated rings. The average molecular weight is 329 g/mol. The minimum Gasteiger partial charge on any atom is -0.393 e. The molecule has 8 heteroatoms. The van der Waals surface area contributed by atoms with Crippen LogP contribution in [0.2, 0.25) is 0 Å². The standard InChI is InChI=1S/C16H23N7O/c17-14-15(19-4-1-7-23-8-10-24-11-9-23)20-12-21-16(14)22-13-2-5-18-6-3-13/h2-3,5-6,12H,1,4,7-11,17H2,(H2,18,19,20,21,22). The molecule has 0 spiro atoms. The minimum atomic E-state index is 0.515. The maximum atomic E-state index is 6.16. The molecule has 3 heterocycles. The molecule has 3 rings (SSSR count). The van der Waals surface area contributed by atoms with Crippen LogP contribution in [0.25, 0.3) is 0 Å². The topological polar surface area (TPSA) is 101 Å². The number of nitrogens with two attached hydrogens (primary N) is 1. The number of nitrogens with zero attached hydrogens (tertiary/aromatic N) is 4. The van der Waals surface area contributed by atoms with Gasteiger partial charge in [0.25, 0.3) is 0 Å². The first-order valence-electron chi connectivity index (χ1n) is 8.14. The summed E-state index contributed by atoms with van der Waals surface area (Å²) >= 11 is 0. The maximum absolute atomic E-state index is 6.16. The van der Waals surface area contributed by atoms with Crippen molar-refractivity contribution < 1.29 is 4.74 Å². The van der Waals surface area contributed by atoms with Gasteiger partial charge in [0.2, 0.25) is 0 Å². The van der Waals surface area contributed by atoms with Gasteiger partial charge < -0.3 is 21.1 Å². The fraction of sp³-hybridized carbons (Fsp3) is 0.438. The van der Waals surface area contributed by atoms with Crippen LogP contribution in [0.1, 0.15) is 6.42 Å². The van der Waals surface area contributed by atoms with E-state index in [0.29, 0.717) is 17.3 Å². The Kier molecular flexibility index (Phi) is 5.75. The molecular weight excluding hydrogens is 306 g/mol. The summed E-state index contributed by atoms with van der Waals surface area (Å²) in [5.74, 6) is 1.25. The Hall–Kier alpha value is -2.45. The summed E-state index contributed by atoms with van der Waals surface area (Å²) in [5, 5.41) is 6.47. The van der Waals surface area contributed by atoms with Gasteiger partial charge in [0, 0.05) is 37.7 Å². The quantitative estimate of drug-likeness (QED) is 0.654. The van der Waals surface area contributed by atoms with Crippen molar-refractivity contribution in [3.63, 3.8) is 0 Å². The predicted octanol–water partition coefficient (Wildman–Crippen LogP) is 1.33. The Labute approximate surface area is 141 Å². The van der Waals surface area contributed by atoms with Crippen LogP contribution < -0.4 is 16.4 Å². The van der Waals surface area contributed by atoms with Crippen molar-refractivity contribution in [2.24, 2.45) is 0 Å². The summed E-state index contributed by atoms with van der Waals surface area (Å²) in [6.45, 7) is 5.54. The van der Waals surface area contributed by atoms with Crippen molar-refractivity contribution in [2.45, 2.75) is 6.42 Å². The summed E-state index contributed by atoms with van der Waals surface area (Å²) in [6.07, 6.45) is 5.95. The van der Waals surface area contributed by atoms with Gasteiger partial charge in [0.1, 0.15) is 12.0 Å². The molecule has 4 N–H and O–H groups in total. The zero-order chi connectivity index (χ0) is 16.6. The number of hydrogen-bond acceptors (Lipinski definition) is 8. The van der Waals surface area contributed by atoms with Gasteiger partial charge in [-0.25, -0.2) is 9.97 Å². The summed E-state index contributed by atoms with van der Waals surface area (Å²) in [5.41, 5.74) is 7.56. The van der Waals surface area contributed by atoms with E-state index < -0.39 is 0 Å². The first-order chi connectivity index (χ1) is 11.8. The second kappa shape index (κ2) is 8.42. The highest BCUT2D eigenvalue weighted by atomic mass is 16.5. The molecule has 1 aliphatic heterocycles. The number of rotatable bonds is 7. The van der Waals surface area contributed by atoms with E-state index in [2.05, 4.69) is 30.5 Å². The van der Waals surface area contributed by atoms with E-state index >= 15 is 0 Å². The summed E-state index contributed by atoms with van der Waals surface area (Å²) in [6, 6.07) is 3.72. The SMILES string of the molecule is Nc1c(NCCCN2CCOCC2)ncnc1Nc1ccncc1. The van der Waals surface area contributed by atoms with E-state index in [1.807, 2.05) is 12.1 Å². The molecule has 2 aromatic rings. The van der Waals surface area contributed by atoms with Crippen molar-refractivity contribution in [2.75, 3.05) is 55.8 Å². The molecule has 24 heavy (non-hydrogen) atoms. The highest BCUT2D eigenvalue weighted by Gasteiger charge is 2.10. The number of pyridine rings is 1. The molecule has 0 aromatic carbocycles. The highest BCUT2D eigenvalue weighted by Crippen LogP contribution is 2.25. The predicted molar refractivity (Wildman–Crippen MR) is 94.3 cm³/mol. The van der Waals surface area contributed by atoms with E-state index in [1.165, 1.54) is 6.33 Å². The number of nitrogen functional groups attached to an aromatic ring is 1. The molecule has 1 saturated heterocycles. The monoisotopic (exact) mass is 329 g/mol. The lowest BCUT2D eigenvalue weighted by molar-refractivity contribution is 0.0378. The third-order valence-corrected chi connectivity index (χ3v) is 3.87. The average Bonchev–Trinajstić information content (AvgIpc) is 2.63. The van der Waals surface area contributed by atoms with Crippen LogP contribution in [0.15, 0.2) is 30.9 Å². The Balaban J connectivity index is 1.51. The molecule has 0 amide bonds. The van der Waals surface area contributed by atoms with Crippen LogP contribution in [0, 0.1) is 0 Å². The Morgan fingerprint density at radius 3 is 2.67 bits per heavy atom. The van der Waals surface area contributed by atoms with Crippen molar-refractivity contribution >= 4 is 23.0 Å². The molecule has 0 atom stereocenters. The van der Waals surface area contributed by atoms with Gasteiger partial charge in [-0.05, 0) is 25.1 Å². The first kappa shape index (κ1) is 16.4. The van der Waals surface area contributed by atoms with Crippen molar-refractivity contribution in [1.29, 1.82) is 0 Å².